The van der Waals surface area contributed by atoms with Crippen LogP contribution in [0, 0.1) is 0 Å². The molecule has 5 nitrogen and oxygen atoms in total. The SMILES string of the molecule is C[C@H](C(=O)Nc1ccc(N2CCCC2=O)cc1)N1CCCCCCC1. The summed E-state index contributed by atoms with van der Waals surface area (Å²) in [6, 6.07) is 7.50. The predicted octanol–water partition coefficient (Wildman–Crippen LogP) is 3.41. The summed E-state index contributed by atoms with van der Waals surface area (Å²) in [4.78, 5) is 28.5. The summed E-state index contributed by atoms with van der Waals surface area (Å²) >= 11 is 0. The van der Waals surface area contributed by atoms with Crippen molar-refractivity contribution in [2.45, 2.75) is 57.9 Å². The average Bonchev–Trinajstić information content (AvgIpc) is 3.01. The molecule has 2 aliphatic heterocycles. The molecule has 0 spiro atoms. The van der Waals surface area contributed by atoms with Gasteiger partial charge in [-0.3, -0.25) is 14.5 Å². The first-order valence-corrected chi connectivity index (χ1v) is 9.60. The lowest BCUT2D eigenvalue weighted by Gasteiger charge is -2.29. The molecule has 3 rings (SSSR count). The number of likely N-dealkylation sites (tertiary alicyclic amines) is 1. The summed E-state index contributed by atoms with van der Waals surface area (Å²) in [5.74, 6) is 0.230. The highest BCUT2D eigenvalue weighted by molar-refractivity contribution is 5.97. The largest absolute Gasteiger partial charge is 0.325 e. The first kappa shape index (κ1) is 17.9. The number of rotatable bonds is 4. The monoisotopic (exact) mass is 343 g/mol. The number of nitrogens with one attached hydrogen (secondary N) is 1. The van der Waals surface area contributed by atoms with Gasteiger partial charge in [0.1, 0.15) is 0 Å². The van der Waals surface area contributed by atoms with E-state index in [1.807, 2.05) is 36.1 Å². The predicted molar refractivity (Wildman–Crippen MR) is 101 cm³/mol. The van der Waals surface area contributed by atoms with Gasteiger partial charge in [-0.1, -0.05) is 19.3 Å². The summed E-state index contributed by atoms with van der Waals surface area (Å²) in [6.07, 6.45) is 7.76. The topological polar surface area (TPSA) is 52.7 Å². The molecule has 2 amide bonds. The second-order valence-corrected chi connectivity index (χ2v) is 7.16. The molecule has 2 fully saturated rings. The van der Waals surface area contributed by atoms with E-state index in [2.05, 4.69) is 10.2 Å². The van der Waals surface area contributed by atoms with E-state index in [0.29, 0.717) is 6.42 Å². The summed E-state index contributed by atoms with van der Waals surface area (Å²) in [7, 11) is 0. The van der Waals surface area contributed by atoms with Crippen LogP contribution in [0.1, 0.15) is 51.9 Å². The number of carbonyl (C=O) groups is 2. The van der Waals surface area contributed by atoms with Crippen molar-refractivity contribution in [3.8, 4) is 0 Å². The zero-order valence-electron chi connectivity index (χ0n) is 15.2. The molecule has 1 atom stereocenters. The Morgan fingerprint density at radius 2 is 1.60 bits per heavy atom. The lowest BCUT2D eigenvalue weighted by atomic mass is 10.1. The van der Waals surface area contributed by atoms with Gasteiger partial charge in [-0.05, 0) is 63.5 Å². The molecule has 2 heterocycles. The van der Waals surface area contributed by atoms with E-state index in [9.17, 15) is 9.59 Å². The Labute approximate surface area is 150 Å². The second-order valence-electron chi connectivity index (χ2n) is 7.16. The van der Waals surface area contributed by atoms with Crippen LogP contribution in [-0.4, -0.2) is 42.4 Å². The van der Waals surface area contributed by atoms with E-state index in [1.165, 1.54) is 32.1 Å². The Bertz CT molecular complexity index is 591. The molecule has 136 valence electrons. The van der Waals surface area contributed by atoms with Crippen LogP contribution in [0.3, 0.4) is 0 Å². The van der Waals surface area contributed by atoms with Crippen molar-refractivity contribution >= 4 is 23.2 Å². The summed E-state index contributed by atoms with van der Waals surface area (Å²) in [5.41, 5.74) is 1.71. The molecule has 0 bridgehead atoms. The highest BCUT2D eigenvalue weighted by Gasteiger charge is 2.23. The number of hydrogen-bond acceptors (Lipinski definition) is 3. The lowest BCUT2D eigenvalue weighted by Crippen LogP contribution is -2.43. The number of nitrogens with zero attached hydrogens (tertiary/aromatic N) is 2. The van der Waals surface area contributed by atoms with Crippen molar-refractivity contribution in [3.05, 3.63) is 24.3 Å². The number of amides is 2. The Morgan fingerprint density at radius 1 is 0.960 bits per heavy atom. The molecule has 2 aliphatic rings. The van der Waals surface area contributed by atoms with Crippen LogP contribution in [0.2, 0.25) is 0 Å². The minimum Gasteiger partial charge on any atom is -0.325 e. The number of anilines is 2. The molecular formula is C20H29N3O2. The third kappa shape index (κ3) is 4.60. The third-order valence-corrected chi connectivity index (χ3v) is 5.34. The fourth-order valence-electron chi connectivity index (χ4n) is 3.72. The second kappa shape index (κ2) is 8.48. The quantitative estimate of drug-likeness (QED) is 0.911. The van der Waals surface area contributed by atoms with E-state index in [4.69, 9.17) is 0 Å². The van der Waals surface area contributed by atoms with Gasteiger partial charge in [0.15, 0.2) is 0 Å². The first-order valence-electron chi connectivity index (χ1n) is 9.60. The zero-order valence-corrected chi connectivity index (χ0v) is 15.2. The van der Waals surface area contributed by atoms with E-state index >= 15 is 0 Å². The molecular weight excluding hydrogens is 314 g/mol. The van der Waals surface area contributed by atoms with Gasteiger partial charge in [0, 0.05) is 24.3 Å². The van der Waals surface area contributed by atoms with Gasteiger partial charge in [-0.2, -0.15) is 0 Å². The minimum absolute atomic E-state index is 0.0468. The Morgan fingerprint density at radius 3 is 2.20 bits per heavy atom. The molecule has 0 aliphatic carbocycles. The molecule has 5 heteroatoms. The zero-order chi connectivity index (χ0) is 17.6. The average molecular weight is 343 g/mol. The number of benzene rings is 1. The van der Waals surface area contributed by atoms with Gasteiger partial charge in [-0.15, -0.1) is 0 Å². The standard InChI is InChI=1S/C20H29N3O2/c1-16(22-13-5-3-2-4-6-14-22)20(25)21-17-9-11-18(12-10-17)23-15-7-8-19(23)24/h9-12,16H,2-8,13-15H2,1H3,(H,21,25)/t16-/m1/s1. The number of hydrogen-bond donors (Lipinski definition) is 1. The Balaban J connectivity index is 1.57. The number of carbonyl (C=O) groups excluding carboxylic acids is 2. The smallest absolute Gasteiger partial charge is 0.241 e. The fourth-order valence-corrected chi connectivity index (χ4v) is 3.72. The van der Waals surface area contributed by atoms with Crippen LogP contribution in [0.4, 0.5) is 11.4 Å². The molecule has 0 radical (unpaired) electrons. The van der Waals surface area contributed by atoms with Crippen molar-refractivity contribution < 1.29 is 9.59 Å². The van der Waals surface area contributed by atoms with Crippen LogP contribution in [0.5, 0.6) is 0 Å². The first-order chi connectivity index (χ1) is 12.1. The molecule has 0 unspecified atom stereocenters. The van der Waals surface area contributed by atoms with Gasteiger partial charge in [0.25, 0.3) is 0 Å². The van der Waals surface area contributed by atoms with Crippen LogP contribution < -0.4 is 10.2 Å². The van der Waals surface area contributed by atoms with Crippen LogP contribution in [-0.2, 0) is 9.59 Å². The Kier molecular flexibility index (Phi) is 6.08. The van der Waals surface area contributed by atoms with Gasteiger partial charge in [0.05, 0.1) is 6.04 Å². The lowest BCUT2D eigenvalue weighted by molar-refractivity contribution is -0.121. The highest BCUT2D eigenvalue weighted by atomic mass is 16.2. The molecule has 1 aromatic carbocycles. The van der Waals surface area contributed by atoms with Crippen molar-refractivity contribution in [3.63, 3.8) is 0 Å². The normalized spacial score (nSPS) is 20.8. The van der Waals surface area contributed by atoms with Crippen LogP contribution in [0.15, 0.2) is 24.3 Å². The summed E-state index contributed by atoms with van der Waals surface area (Å²) in [5, 5.41) is 3.02. The molecule has 1 aromatic rings. The van der Waals surface area contributed by atoms with Crippen molar-refractivity contribution in [1.29, 1.82) is 0 Å². The molecule has 2 saturated heterocycles. The van der Waals surface area contributed by atoms with Crippen LogP contribution >= 0.6 is 0 Å². The fraction of sp³-hybridized carbons (Fsp3) is 0.600. The van der Waals surface area contributed by atoms with Gasteiger partial charge < -0.3 is 10.2 Å². The molecule has 25 heavy (non-hydrogen) atoms. The van der Waals surface area contributed by atoms with E-state index in [-0.39, 0.29) is 17.9 Å². The minimum atomic E-state index is -0.113. The van der Waals surface area contributed by atoms with Crippen molar-refractivity contribution in [2.24, 2.45) is 0 Å². The van der Waals surface area contributed by atoms with E-state index in [0.717, 1.165) is 37.4 Å². The third-order valence-electron chi connectivity index (χ3n) is 5.34. The molecule has 1 N–H and O–H groups in total. The van der Waals surface area contributed by atoms with Gasteiger partial charge in [-0.25, -0.2) is 0 Å². The maximum atomic E-state index is 12.6. The maximum absolute atomic E-state index is 12.6. The highest BCUT2D eigenvalue weighted by Crippen LogP contribution is 2.23. The van der Waals surface area contributed by atoms with Crippen LogP contribution in [0.25, 0.3) is 0 Å². The van der Waals surface area contributed by atoms with E-state index in [1.54, 1.807) is 0 Å². The molecule has 0 saturated carbocycles. The van der Waals surface area contributed by atoms with Crippen molar-refractivity contribution in [1.82, 2.24) is 4.90 Å². The maximum Gasteiger partial charge on any atom is 0.241 e. The summed E-state index contributed by atoms with van der Waals surface area (Å²) in [6.45, 7) is 4.79. The van der Waals surface area contributed by atoms with Gasteiger partial charge >= 0.3 is 0 Å². The van der Waals surface area contributed by atoms with Gasteiger partial charge in [0.2, 0.25) is 11.8 Å². The Hall–Kier alpha value is -1.88. The van der Waals surface area contributed by atoms with Crippen molar-refractivity contribution in [2.75, 3.05) is 29.9 Å². The van der Waals surface area contributed by atoms with E-state index < -0.39 is 0 Å². The summed E-state index contributed by atoms with van der Waals surface area (Å²) < 4.78 is 0. The molecule has 0 aromatic heterocycles.